The van der Waals surface area contributed by atoms with Crippen molar-refractivity contribution in [1.82, 2.24) is 34.3 Å². The second-order valence-corrected chi connectivity index (χ2v) is 9.50. The molecule has 4 aromatic heterocycles. The summed E-state index contributed by atoms with van der Waals surface area (Å²) in [5.41, 5.74) is 6.19. The summed E-state index contributed by atoms with van der Waals surface area (Å²) in [6.45, 7) is 2.00. The smallest absolute Gasteiger partial charge is 0.230 e. The molecule has 40 heavy (non-hydrogen) atoms. The highest BCUT2D eigenvalue weighted by Crippen LogP contribution is 2.49. The van der Waals surface area contributed by atoms with Crippen LogP contribution in [0.15, 0.2) is 79.4 Å². The van der Waals surface area contributed by atoms with Crippen LogP contribution in [0.2, 0.25) is 0 Å². The number of fused-ring (bicyclic) bond motifs is 4. The van der Waals surface area contributed by atoms with E-state index in [4.69, 9.17) is 29.4 Å². The minimum Gasteiger partial charge on any atom is -0.493 e. The molecule has 0 spiro atoms. The molecule has 0 fully saturated rings. The number of nitrogens with zero attached hydrogens (tertiary/aromatic N) is 7. The molecule has 0 saturated heterocycles. The molecule has 10 nitrogen and oxygen atoms in total. The van der Waals surface area contributed by atoms with Crippen LogP contribution in [0, 0.1) is 6.92 Å². The van der Waals surface area contributed by atoms with Crippen LogP contribution in [0.5, 0.6) is 23.3 Å². The molecule has 1 aliphatic heterocycles. The molecule has 0 N–H and O–H groups in total. The Morgan fingerprint density at radius 3 is 2.55 bits per heavy atom. The fourth-order valence-electron chi connectivity index (χ4n) is 5.29. The molecular weight excluding hydrogens is 506 g/mol. The first-order valence-electron chi connectivity index (χ1n) is 12.8. The Balaban J connectivity index is 1.38. The third-order valence-corrected chi connectivity index (χ3v) is 7.09. The maximum Gasteiger partial charge on any atom is 0.230 e. The van der Waals surface area contributed by atoms with Crippen molar-refractivity contribution in [1.29, 1.82) is 0 Å². The lowest BCUT2D eigenvalue weighted by atomic mass is 9.85. The van der Waals surface area contributed by atoms with Crippen LogP contribution in [-0.2, 0) is 6.42 Å². The van der Waals surface area contributed by atoms with Gasteiger partial charge in [-0.05, 0) is 48.4 Å². The molecule has 0 unspecified atom stereocenters. The Morgan fingerprint density at radius 1 is 0.925 bits per heavy atom. The van der Waals surface area contributed by atoms with Crippen LogP contribution < -0.4 is 14.2 Å². The highest BCUT2D eigenvalue weighted by molar-refractivity contribution is 5.66. The monoisotopic (exact) mass is 531 g/mol. The maximum absolute atomic E-state index is 6.48. The molecule has 0 aliphatic carbocycles. The molecule has 0 radical (unpaired) electrons. The van der Waals surface area contributed by atoms with E-state index in [0.29, 0.717) is 41.2 Å². The molecule has 2 aromatic carbocycles. The number of aryl methyl sites for hydroxylation is 1. The molecule has 1 atom stereocenters. The largest absolute Gasteiger partial charge is 0.493 e. The molecule has 5 heterocycles. The average molecular weight is 532 g/mol. The lowest BCUT2D eigenvalue weighted by Crippen LogP contribution is -2.16. The molecule has 10 heteroatoms. The number of methoxy groups -OCH3 is 2. The summed E-state index contributed by atoms with van der Waals surface area (Å²) < 4.78 is 20.9. The molecule has 0 bridgehead atoms. The zero-order valence-electron chi connectivity index (χ0n) is 22.1. The van der Waals surface area contributed by atoms with Gasteiger partial charge in [0.25, 0.3) is 0 Å². The molecule has 0 amide bonds. The van der Waals surface area contributed by atoms with Crippen LogP contribution in [0.3, 0.4) is 0 Å². The van der Waals surface area contributed by atoms with Crippen LogP contribution in [0.4, 0.5) is 0 Å². The van der Waals surface area contributed by atoms with Gasteiger partial charge >= 0.3 is 0 Å². The van der Waals surface area contributed by atoms with Gasteiger partial charge in [-0.15, -0.1) is 5.10 Å². The predicted molar refractivity (Wildman–Crippen MR) is 147 cm³/mol. The number of rotatable bonds is 6. The van der Waals surface area contributed by atoms with Crippen molar-refractivity contribution < 1.29 is 14.2 Å². The van der Waals surface area contributed by atoms with Crippen LogP contribution in [0.25, 0.3) is 11.3 Å². The van der Waals surface area contributed by atoms with Crippen LogP contribution in [0.1, 0.15) is 39.7 Å². The fraction of sp³-hybridized carbons (Fsp3) is 0.167. The second kappa shape index (κ2) is 9.49. The number of ether oxygens (including phenoxy) is 3. The van der Waals surface area contributed by atoms with Crippen molar-refractivity contribution in [2.45, 2.75) is 19.3 Å². The van der Waals surface area contributed by atoms with E-state index < -0.39 is 0 Å². The summed E-state index contributed by atoms with van der Waals surface area (Å²) in [6.07, 6.45) is 5.78. The summed E-state index contributed by atoms with van der Waals surface area (Å²) in [5, 5.41) is 9.62. The summed E-state index contributed by atoms with van der Waals surface area (Å²) in [6, 6.07) is 19.7. The first-order valence-corrected chi connectivity index (χ1v) is 12.8. The normalized spacial score (nSPS) is 13.9. The topological polar surface area (TPSA) is 101 Å². The van der Waals surface area contributed by atoms with Gasteiger partial charge in [-0.3, -0.25) is 4.98 Å². The van der Waals surface area contributed by atoms with E-state index in [1.807, 2.05) is 72.4 Å². The van der Waals surface area contributed by atoms with Gasteiger partial charge in [-0.1, -0.05) is 30.3 Å². The van der Waals surface area contributed by atoms with Gasteiger partial charge in [-0.25, -0.2) is 19.2 Å². The summed E-state index contributed by atoms with van der Waals surface area (Å²) in [7, 11) is 3.24. The van der Waals surface area contributed by atoms with E-state index in [1.165, 1.54) is 0 Å². The van der Waals surface area contributed by atoms with Gasteiger partial charge in [-0.2, -0.15) is 5.10 Å². The Hall–Kier alpha value is -5.25. The average Bonchev–Trinajstić information content (AvgIpc) is 3.57. The highest BCUT2D eigenvalue weighted by Gasteiger charge is 2.38. The molecule has 1 aliphatic rings. The van der Waals surface area contributed by atoms with Gasteiger partial charge in [0.1, 0.15) is 6.33 Å². The first kappa shape index (κ1) is 23.8. The highest BCUT2D eigenvalue weighted by atomic mass is 16.5. The van der Waals surface area contributed by atoms with Crippen molar-refractivity contribution in [2.75, 3.05) is 14.2 Å². The van der Waals surface area contributed by atoms with E-state index in [9.17, 15) is 0 Å². The molecule has 7 rings (SSSR count). The Morgan fingerprint density at radius 2 is 1.77 bits per heavy atom. The van der Waals surface area contributed by atoms with Gasteiger partial charge in [0, 0.05) is 18.8 Å². The number of benzene rings is 2. The Kier molecular flexibility index (Phi) is 5.66. The van der Waals surface area contributed by atoms with Crippen molar-refractivity contribution >= 4 is 5.65 Å². The number of hydrogen-bond donors (Lipinski definition) is 0. The van der Waals surface area contributed by atoms with Crippen molar-refractivity contribution in [3.8, 4) is 28.9 Å². The van der Waals surface area contributed by atoms with Crippen molar-refractivity contribution in [2.24, 2.45) is 0 Å². The van der Waals surface area contributed by atoms with E-state index in [-0.39, 0.29) is 5.92 Å². The van der Waals surface area contributed by atoms with Gasteiger partial charge in [0.2, 0.25) is 11.8 Å². The van der Waals surface area contributed by atoms with Gasteiger partial charge in [0.15, 0.2) is 23.0 Å². The van der Waals surface area contributed by atoms with E-state index in [2.05, 4.69) is 16.0 Å². The van der Waals surface area contributed by atoms with E-state index >= 15 is 0 Å². The third kappa shape index (κ3) is 3.84. The SMILES string of the molecule is COc1ccc(Cc2nc3c4c(ncn3n2)Oc2c(c(C)nn2-c2ccccc2)[C@H]4c2cccnc2)cc1OC. The molecule has 6 aromatic rings. The number of aromatic nitrogens is 7. The Labute approximate surface area is 229 Å². The zero-order chi connectivity index (χ0) is 27.2. The lowest BCUT2D eigenvalue weighted by Gasteiger charge is -2.26. The first-order chi connectivity index (χ1) is 19.6. The molecule has 0 saturated carbocycles. The van der Waals surface area contributed by atoms with Gasteiger partial charge in [0.05, 0.1) is 42.6 Å². The van der Waals surface area contributed by atoms with Crippen molar-refractivity contribution in [3.63, 3.8) is 0 Å². The minimum absolute atomic E-state index is 0.251. The zero-order valence-corrected chi connectivity index (χ0v) is 22.1. The summed E-state index contributed by atoms with van der Waals surface area (Å²) in [5.74, 6) is 2.83. The number of hydrogen-bond acceptors (Lipinski definition) is 8. The minimum atomic E-state index is -0.251. The quantitative estimate of drug-likeness (QED) is 0.298. The standard InChI is InChI=1S/C30H25N7O3/c1-18-25-26(20-8-7-13-31-16-20)27-28-33-24(15-19-11-12-22(38-2)23(14-19)39-3)35-36(28)17-32-29(27)40-30(25)37(34-18)21-9-5-4-6-10-21/h4-14,16-17,26H,15H2,1-3H3/t26-/m1/s1. The van der Waals surface area contributed by atoms with E-state index in [1.54, 1.807) is 31.3 Å². The third-order valence-electron chi connectivity index (χ3n) is 7.09. The second-order valence-electron chi connectivity index (χ2n) is 9.50. The lowest BCUT2D eigenvalue weighted by molar-refractivity contribution is 0.354. The van der Waals surface area contributed by atoms with Crippen LogP contribution >= 0.6 is 0 Å². The van der Waals surface area contributed by atoms with Crippen LogP contribution in [-0.4, -0.2) is 48.6 Å². The van der Waals surface area contributed by atoms with Gasteiger partial charge < -0.3 is 14.2 Å². The number of pyridine rings is 1. The maximum atomic E-state index is 6.48. The summed E-state index contributed by atoms with van der Waals surface area (Å²) >= 11 is 0. The summed E-state index contributed by atoms with van der Waals surface area (Å²) in [4.78, 5) is 14.1. The molecule has 198 valence electrons. The van der Waals surface area contributed by atoms with Crippen molar-refractivity contribution in [3.05, 3.63) is 113 Å². The molecular formula is C30H25N7O3. The Bertz CT molecular complexity index is 1850. The fourth-order valence-corrected chi connectivity index (χ4v) is 5.29. The van der Waals surface area contributed by atoms with E-state index in [0.717, 1.165) is 33.6 Å². The number of para-hydroxylation sites is 1. The predicted octanol–water partition coefficient (Wildman–Crippen LogP) is 4.91.